The topological polar surface area (TPSA) is 29.9 Å². The first-order valence-electron chi connectivity index (χ1n) is 5.62. The van der Waals surface area contributed by atoms with Gasteiger partial charge in [0.25, 0.3) is 0 Å². The van der Waals surface area contributed by atoms with Gasteiger partial charge in [-0.1, -0.05) is 11.6 Å². The third-order valence-electron chi connectivity index (χ3n) is 2.62. The Morgan fingerprint density at radius 2 is 2.29 bits per heavy atom. The molecule has 0 saturated carbocycles. The largest absolute Gasteiger partial charge is 0.309 e. The SMILES string of the molecule is CC(NCCc1ccn(C)n1)c1ccc(Cl)s1. The fourth-order valence-electron chi connectivity index (χ4n) is 1.67. The van der Waals surface area contributed by atoms with E-state index in [9.17, 15) is 0 Å². The van der Waals surface area contributed by atoms with Gasteiger partial charge in [-0.05, 0) is 25.1 Å². The fraction of sp³-hybridized carbons (Fsp3) is 0.417. The minimum Gasteiger partial charge on any atom is -0.309 e. The molecule has 2 heterocycles. The van der Waals surface area contributed by atoms with Crippen molar-refractivity contribution in [2.24, 2.45) is 7.05 Å². The Labute approximate surface area is 110 Å². The van der Waals surface area contributed by atoms with Crippen molar-refractivity contribution < 1.29 is 0 Å². The summed E-state index contributed by atoms with van der Waals surface area (Å²) in [6.45, 7) is 3.08. The van der Waals surface area contributed by atoms with E-state index >= 15 is 0 Å². The Hall–Kier alpha value is -0.840. The summed E-state index contributed by atoms with van der Waals surface area (Å²) in [5.74, 6) is 0. The summed E-state index contributed by atoms with van der Waals surface area (Å²) in [7, 11) is 1.94. The third kappa shape index (κ3) is 3.56. The molecule has 0 radical (unpaired) electrons. The Kier molecular flexibility index (Phi) is 4.20. The molecule has 0 aromatic carbocycles. The molecule has 0 bridgehead atoms. The molecular weight excluding hydrogens is 254 g/mol. The molecule has 1 atom stereocenters. The van der Waals surface area contributed by atoms with E-state index in [4.69, 9.17) is 11.6 Å². The number of thiophene rings is 1. The maximum Gasteiger partial charge on any atom is 0.0931 e. The van der Waals surface area contributed by atoms with Gasteiger partial charge >= 0.3 is 0 Å². The van der Waals surface area contributed by atoms with Crippen LogP contribution in [0.4, 0.5) is 0 Å². The highest BCUT2D eigenvalue weighted by atomic mass is 35.5. The quantitative estimate of drug-likeness (QED) is 0.904. The first-order chi connectivity index (χ1) is 8.15. The molecule has 0 spiro atoms. The van der Waals surface area contributed by atoms with Crippen molar-refractivity contribution in [3.63, 3.8) is 0 Å². The van der Waals surface area contributed by atoms with E-state index in [1.54, 1.807) is 11.3 Å². The van der Waals surface area contributed by atoms with Gasteiger partial charge in [-0.25, -0.2) is 0 Å². The van der Waals surface area contributed by atoms with Gasteiger partial charge in [-0.15, -0.1) is 11.3 Å². The lowest BCUT2D eigenvalue weighted by Crippen LogP contribution is -2.20. The van der Waals surface area contributed by atoms with Crippen LogP contribution < -0.4 is 5.32 Å². The highest BCUT2D eigenvalue weighted by Crippen LogP contribution is 2.26. The van der Waals surface area contributed by atoms with E-state index in [-0.39, 0.29) is 0 Å². The van der Waals surface area contributed by atoms with E-state index in [1.165, 1.54) is 4.88 Å². The van der Waals surface area contributed by atoms with E-state index < -0.39 is 0 Å². The summed E-state index contributed by atoms with van der Waals surface area (Å²) in [6.07, 6.45) is 2.92. The van der Waals surface area contributed by atoms with Crippen molar-refractivity contribution in [2.75, 3.05) is 6.54 Å². The van der Waals surface area contributed by atoms with E-state index in [2.05, 4.69) is 23.4 Å². The zero-order valence-electron chi connectivity index (χ0n) is 9.98. The number of nitrogens with one attached hydrogen (secondary N) is 1. The van der Waals surface area contributed by atoms with Gasteiger partial charge in [0.05, 0.1) is 10.0 Å². The lowest BCUT2D eigenvalue weighted by molar-refractivity contribution is 0.578. The molecule has 2 rings (SSSR count). The van der Waals surface area contributed by atoms with E-state index in [0.717, 1.165) is 23.0 Å². The maximum atomic E-state index is 5.92. The molecule has 0 aliphatic rings. The van der Waals surface area contributed by atoms with Crippen LogP contribution in [-0.4, -0.2) is 16.3 Å². The van der Waals surface area contributed by atoms with Gasteiger partial charge in [-0.2, -0.15) is 5.10 Å². The number of halogens is 1. The molecule has 3 nitrogen and oxygen atoms in total. The third-order valence-corrected chi connectivity index (χ3v) is 4.04. The number of aryl methyl sites for hydroxylation is 1. The van der Waals surface area contributed by atoms with Crippen molar-refractivity contribution in [2.45, 2.75) is 19.4 Å². The molecule has 0 aliphatic carbocycles. The summed E-state index contributed by atoms with van der Waals surface area (Å²) in [4.78, 5) is 1.27. The molecule has 0 fully saturated rings. The van der Waals surface area contributed by atoms with Crippen LogP contribution in [0.3, 0.4) is 0 Å². The van der Waals surface area contributed by atoms with Crippen molar-refractivity contribution in [3.05, 3.63) is 39.3 Å². The molecule has 2 aromatic heterocycles. The first-order valence-corrected chi connectivity index (χ1v) is 6.82. The minimum absolute atomic E-state index is 0.344. The molecule has 0 aliphatic heterocycles. The van der Waals surface area contributed by atoms with Gasteiger partial charge in [0.15, 0.2) is 0 Å². The Morgan fingerprint density at radius 1 is 1.47 bits per heavy atom. The molecule has 0 amide bonds. The molecule has 5 heteroatoms. The Bertz CT molecular complexity index is 478. The lowest BCUT2D eigenvalue weighted by atomic mass is 10.2. The predicted octanol–water partition coefficient (Wildman–Crippen LogP) is 3.03. The minimum atomic E-state index is 0.344. The standard InChI is InChI=1S/C12H16ClN3S/c1-9(11-3-4-12(13)17-11)14-7-5-10-6-8-16(2)15-10/h3-4,6,8-9,14H,5,7H2,1-2H3. The Balaban J connectivity index is 1.78. The monoisotopic (exact) mass is 269 g/mol. The normalized spacial score (nSPS) is 12.9. The van der Waals surface area contributed by atoms with Crippen molar-refractivity contribution in [1.82, 2.24) is 15.1 Å². The van der Waals surface area contributed by atoms with Gasteiger partial charge in [0, 0.05) is 37.1 Å². The van der Waals surface area contributed by atoms with Crippen molar-refractivity contribution in [3.8, 4) is 0 Å². The zero-order valence-corrected chi connectivity index (χ0v) is 11.6. The number of nitrogens with zero attached hydrogens (tertiary/aromatic N) is 2. The molecule has 2 aromatic rings. The Morgan fingerprint density at radius 3 is 2.88 bits per heavy atom. The lowest BCUT2D eigenvalue weighted by Gasteiger charge is -2.10. The van der Waals surface area contributed by atoms with Crippen LogP contribution in [0.15, 0.2) is 24.4 Å². The summed E-state index contributed by atoms with van der Waals surface area (Å²) >= 11 is 7.54. The second kappa shape index (κ2) is 5.67. The van der Waals surface area contributed by atoms with Crippen molar-refractivity contribution in [1.29, 1.82) is 0 Å². The van der Waals surface area contributed by atoms with Crippen LogP contribution in [0.5, 0.6) is 0 Å². The molecule has 92 valence electrons. The molecular formula is C12H16ClN3S. The smallest absolute Gasteiger partial charge is 0.0931 e. The van der Waals surface area contributed by atoms with Crippen LogP contribution >= 0.6 is 22.9 Å². The van der Waals surface area contributed by atoms with Gasteiger partial charge < -0.3 is 5.32 Å². The van der Waals surface area contributed by atoms with Crippen LogP contribution in [-0.2, 0) is 13.5 Å². The van der Waals surface area contributed by atoms with E-state index in [1.807, 2.05) is 30.1 Å². The number of hydrogen-bond acceptors (Lipinski definition) is 3. The number of hydrogen-bond donors (Lipinski definition) is 1. The summed E-state index contributed by atoms with van der Waals surface area (Å²) in [6, 6.07) is 6.41. The average molecular weight is 270 g/mol. The van der Waals surface area contributed by atoms with Crippen LogP contribution in [0.1, 0.15) is 23.5 Å². The zero-order chi connectivity index (χ0) is 12.3. The van der Waals surface area contributed by atoms with Gasteiger partial charge in [0.2, 0.25) is 0 Å². The summed E-state index contributed by atoms with van der Waals surface area (Å²) in [5.41, 5.74) is 1.12. The second-order valence-corrected chi connectivity index (χ2v) is 5.80. The molecule has 1 N–H and O–H groups in total. The molecule has 1 unspecified atom stereocenters. The van der Waals surface area contributed by atoms with Crippen LogP contribution in [0.25, 0.3) is 0 Å². The van der Waals surface area contributed by atoms with Crippen molar-refractivity contribution >= 4 is 22.9 Å². The highest BCUT2D eigenvalue weighted by Gasteiger charge is 2.07. The fourth-order valence-corrected chi connectivity index (χ4v) is 2.76. The van der Waals surface area contributed by atoms with Crippen LogP contribution in [0, 0.1) is 0 Å². The highest BCUT2D eigenvalue weighted by molar-refractivity contribution is 7.16. The summed E-state index contributed by atoms with van der Waals surface area (Å²) < 4.78 is 2.68. The number of aromatic nitrogens is 2. The first kappa shape index (κ1) is 12.6. The average Bonchev–Trinajstić information content (AvgIpc) is 2.88. The predicted molar refractivity (Wildman–Crippen MR) is 72.7 cm³/mol. The summed E-state index contributed by atoms with van der Waals surface area (Å²) in [5, 5.41) is 7.82. The molecule has 0 saturated heterocycles. The van der Waals surface area contributed by atoms with Crippen LogP contribution in [0.2, 0.25) is 4.34 Å². The number of rotatable bonds is 5. The van der Waals surface area contributed by atoms with Gasteiger partial charge in [-0.3, -0.25) is 4.68 Å². The maximum absolute atomic E-state index is 5.92. The second-order valence-electron chi connectivity index (χ2n) is 4.05. The van der Waals surface area contributed by atoms with Gasteiger partial charge in [0.1, 0.15) is 0 Å². The van der Waals surface area contributed by atoms with E-state index in [0.29, 0.717) is 6.04 Å². The molecule has 17 heavy (non-hydrogen) atoms.